The van der Waals surface area contributed by atoms with E-state index >= 15 is 0 Å². The molecule has 0 radical (unpaired) electrons. The summed E-state index contributed by atoms with van der Waals surface area (Å²) in [7, 11) is 0. The van der Waals surface area contributed by atoms with Crippen molar-refractivity contribution in [3.63, 3.8) is 0 Å². The zero-order valence-corrected chi connectivity index (χ0v) is 14.9. The fraction of sp³-hybridized carbons (Fsp3) is 0.400. The minimum absolute atomic E-state index is 0.174. The van der Waals surface area contributed by atoms with Gasteiger partial charge in [-0.15, -0.1) is 0 Å². The highest BCUT2D eigenvalue weighted by molar-refractivity contribution is 5.53. The van der Waals surface area contributed by atoms with Gasteiger partial charge in [0.2, 0.25) is 0 Å². The van der Waals surface area contributed by atoms with Crippen LogP contribution in [0, 0.1) is 0 Å². The summed E-state index contributed by atoms with van der Waals surface area (Å²) in [6, 6.07) is 8.60. The third kappa shape index (κ3) is 4.02. The van der Waals surface area contributed by atoms with Crippen molar-refractivity contribution in [2.45, 2.75) is 51.2 Å². The van der Waals surface area contributed by atoms with Gasteiger partial charge in [-0.3, -0.25) is 0 Å². The zero-order chi connectivity index (χ0) is 18.6. The molecule has 1 aromatic carbocycles. The second kappa shape index (κ2) is 7.90. The third-order valence-electron chi connectivity index (χ3n) is 5.09. The lowest BCUT2D eigenvalue weighted by Crippen LogP contribution is -2.08. The Kier molecular flexibility index (Phi) is 5.18. The van der Waals surface area contributed by atoms with E-state index in [-0.39, 0.29) is 5.75 Å². The number of aromatic nitrogens is 3. The maximum absolute atomic E-state index is 12.6. The van der Waals surface area contributed by atoms with Crippen LogP contribution in [0.1, 0.15) is 49.1 Å². The van der Waals surface area contributed by atoms with Crippen LogP contribution in [0.3, 0.4) is 0 Å². The molecule has 4 rings (SSSR count). The van der Waals surface area contributed by atoms with E-state index in [2.05, 4.69) is 15.2 Å². The Morgan fingerprint density at radius 3 is 2.78 bits per heavy atom. The summed E-state index contributed by atoms with van der Waals surface area (Å²) in [5.41, 5.74) is 2.71. The van der Waals surface area contributed by atoms with E-state index < -0.39 is 6.61 Å². The van der Waals surface area contributed by atoms with Crippen molar-refractivity contribution >= 4 is 11.5 Å². The minimum Gasteiger partial charge on any atom is -0.434 e. The Bertz CT molecular complexity index is 906. The highest BCUT2D eigenvalue weighted by Gasteiger charge is 2.20. The predicted octanol–water partition coefficient (Wildman–Crippen LogP) is 4.99. The van der Waals surface area contributed by atoms with Gasteiger partial charge in [0.05, 0.1) is 6.20 Å². The standard InChI is InChI=1S/C20H22F2N4O/c21-20(22)27-17-9-5-4-8-15(17)12-23-18-10-11-26-19(25-18)16(13-24-26)14-6-2-1-3-7-14/h4-5,8-11,13-14,20H,1-3,6-7,12H2,(H,23,25). The number of benzene rings is 1. The molecule has 1 N–H and O–H groups in total. The van der Waals surface area contributed by atoms with Gasteiger partial charge in [-0.05, 0) is 30.9 Å². The molecule has 0 spiro atoms. The number of ether oxygens (including phenoxy) is 1. The Balaban J connectivity index is 1.53. The number of para-hydroxylation sites is 1. The molecule has 7 heteroatoms. The molecule has 2 heterocycles. The molecule has 1 aliphatic rings. The summed E-state index contributed by atoms with van der Waals surface area (Å²) in [4.78, 5) is 4.72. The molecule has 0 saturated heterocycles. The van der Waals surface area contributed by atoms with Gasteiger partial charge >= 0.3 is 6.61 Å². The number of hydrogen-bond acceptors (Lipinski definition) is 4. The molecule has 0 unspecified atom stereocenters. The van der Waals surface area contributed by atoms with E-state index in [9.17, 15) is 8.78 Å². The first kappa shape index (κ1) is 17.7. The molecule has 0 amide bonds. The highest BCUT2D eigenvalue weighted by atomic mass is 19.3. The van der Waals surface area contributed by atoms with Gasteiger partial charge in [0.1, 0.15) is 11.6 Å². The van der Waals surface area contributed by atoms with Crippen molar-refractivity contribution in [1.29, 1.82) is 0 Å². The summed E-state index contributed by atoms with van der Waals surface area (Å²) in [5.74, 6) is 1.37. The molecule has 27 heavy (non-hydrogen) atoms. The lowest BCUT2D eigenvalue weighted by atomic mass is 9.85. The molecule has 1 fully saturated rings. The summed E-state index contributed by atoms with van der Waals surface area (Å²) in [5, 5.41) is 7.63. The van der Waals surface area contributed by atoms with Crippen LogP contribution in [-0.2, 0) is 6.54 Å². The molecular weight excluding hydrogens is 350 g/mol. The SMILES string of the molecule is FC(F)Oc1ccccc1CNc1ccn2ncc(C3CCCCC3)c2n1. The molecule has 3 aromatic rings. The average Bonchev–Trinajstić information content (AvgIpc) is 3.11. The molecule has 1 aliphatic carbocycles. The lowest BCUT2D eigenvalue weighted by Gasteiger charge is -2.20. The van der Waals surface area contributed by atoms with Gasteiger partial charge in [0.15, 0.2) is 5.65 Å². The largest absolute Gasteiger partial charge is 0.434 e. The van der Waals surface area contributed by atoms with Crippen LogP contribution in [-0.4, -0.2) is 21.2 Å². The number of alkyl halides is 2. The van der Waals surface area contributed by atoms with Crippen molar-refractivity contribution in [1.82, 2.24) is 14.6 Å². The zero-order valence-electron chi connectivity index (χ0n) is 14.9. The van der Waals surface area contributed by atoms with Gasteiger partial charge in [0, 0.05) is 23.9 Å². The second-order valence-corrected chi connectivity index (χ2v) is 6.86. The molecule has 0 atom stereocenters. The monoisotopic (exact) mass is 372 g/mol. The van der Waals surface area contributed by atoms with E-state index in [0.29, 0.717) is 23.8 Å². The van der Waals surface area contributed by atoms with Crippen molar-refractivity contribution in [3.05, 3.63) is 53.9 Å². The van der Waals surface area contributed by atoms with Crippen molar-refractivity contribution < 1.29 is 13.5 Å². The van der Waals surface area contributed by atoms with Crippen LogP contribution in [0.2, 0.25) is 0 Å². The van der Waals surface area contributed by atoms with Crippen LogP contribution in [0.15, 0.2) is 42.7 Å². The first-order valence-corrected chi connectivity index (χ1v) is 9.31. The average molecular weight is 372 g/mol. The molecule has 0 aliphatic heterocycles. The normalized spacial score (nSPS) is 15.4. The van der Waals surface area contributed by atoms with Crippen LogP contribution >= 0.6 is 0 Å². The van der Waals surface area contributed by atoms with Crippen molar-refractivity contribution in [2.75, 3.05) is 5.32 Å². The number of hydrogen-bond donors (Lipinski definition) is 1. The quantitative estimate of drug-likeness (QED) is 0.662. The predicted molar refractivity (Wildman–Crippen MR) is 99.2 cm³/mol. The van der Waals surface area contributed by atoms with Gasteiger partial charge in [0.25, 0.3) is 0 Å². The molecule has 2 aromatic heterocycles. The van der Waals surface area contributed by atoms with E-state index in [1.807, 2.05) is 18.5 Å². The maximum Gasteiger partial charge on any atom is 0.387 e. The van der Waals surface area contributed by atoms with Gasteiger partial charge in [-0.1, -0.05) is 37.5 Å². The number of halogens is 2. The fourth-order valence-electron chi connectivity index (χ4n) is 3.73. The van der Waals surface area contributed by atoms with Crippen molar-refractivity contribution in [2.24, 2.45) is 0 Å². The molecule has 5 nitrogen and oxygen atoms in total. The van der Waals surface area contributed by atoms with Gasteiger partial charge < -0.3 is 10.1 Å². The Labute approximate surface area is 156 Å². The van der Waals surface area contributed by atoms with E-state index in [1.165, 1.54) is 43.7 Å². The lowest BCUT2D eigenvalue weighted by molar-refractivity contribution is -0.0504. The first-order valence-electron chi connectivity index (χ1n) is 9.31. The Hall–Kier alpha value is -2.70. The number of nitrogens with one attached hydrogen (secondary N) is 1. The summed E-state index contributed by atoms with van der Waals surface area (Å²) >= 11 is 0. The minimum atomic E-state index is -2.84. The van der Waals surface area contributed by atoms with E-state index in [0.717, 1.165) is 5.65 Å². The maximum atomic E-state index is 12.6. The van der Waals surface area contributed by atoms with Crippen molar-refractivity contribution in [3.8, 4) is 5.75 Å². The highest BCUT2D eigenvalue weighted by Crippen LogP contribution is 2.34. The van der Waals surface area contributed by atoms with Crippen LogP contribution in [0.5, 0.6) is 5.75 Å². The molecule has 142 valence electrons. The van der Waals surface area contributed by atoms with Crippen LogP contribution in [0.4, 0.5) is 14.6 Å². The van der Waals surface area contributed by atoms with E-state index in [1.54, 1.807) is 22.7 Å². The third-order valence-corrected chi connectivity index (χ3v) is 5.09. The van der Waals surface area contributed by atoms with Gasteiger partial charge in [-0.2, -0.15) is 13.9 Å². The van der Waals surface area contributed by atoms with Gasteiger partial charge in [-0.25, -0.2) is 9.50 Å². The summed E-state index contributed by atoms with van der Waals surface area (Å²) in [6.45, 7) is -2.50. The smallest absolute Gasteiger partial charge is 0.387 e. The second-order valence-electron chi connectivity index (χ2n) is 6.86. The van der Waals surface area contributed by atoms with Crippen LogP contribution in [0.25, 0.3) is 5.65 Å². The number of fused-ring (bicyclic) bond motifs is 1. The fourth-order valence-corrected chi connectivity index (χ4v) is 3.73. The molecular formula is C20H22F2N4O. The topological polar surface area (TPSA) is 51.5 Å². The number of rotatable bonds is 6. The Morgan fingerprint density at radius 2 is 1.96 bits per heavy atom. The molecule has 0 bridgehead atoms. The first-order chi connectivity index (χ1) is 13.2. The Morgan fingerprint density at radius 1 is 1.15 bits per heavy atom. The number of anilines is 1. The van der Waals surface area contributed by atoms with Crippen LogP contribution < -0.4 is 10.1 Å². The van der Waals surface area contributed by atoms with E-state index in [4.69, 9.17) is 4.98 Å². The molecule has 1 saturated carbocycles. The number of nitrogens with zero attached hydrogens (tertiary/aromatic N) is 3. The summed E-state index contributed by atoms with van der Waals surface area (Å²) in [6.07, 6.45) is 9.96. The summed E-state index contributed by atoms with van der Waals surface area (Å²) < 4.78 is 31.5.